The van der Waals surface area contributed by atoms with Gasteiger partial charge < -0.3 is 4.98 Å². The number of halogens is 1. The summed E-state index contributed by atoms with van der Waals surface area (Å²) in [5.41, 5.74) is 7.35. The largest absolute Gasteiger partial charge is 0.354 e. The number of rotatable bonds is 3. The van der Waals surface area contributed by atoms with Gasteiger partial charge >= 0.3 is 0 Å². The van der Waals surface area contributed by atoms with Crippen LogP contribution in [-0.2, 0) is 26.1 Å². The molecule has 30 heavy (non-hydrogen) atoms. The highest BCUT2D eigenvalue weighted by atomic mass is 32.8. The number of nitrogens with zero attached hydrogens (tertiary/aromatic N) is 1. The van der Waals surface area contributed by atoms with Crippen molar-refractivity contribution < 1.29 is 8.60 Å². The third-order valence-corrected chi connectivity index (χ3v) is 8.66. The van der Waals surface area contributed by atoms with Gasteiger partial charge in [0.15, 0.2) is 0 Å². The predicted molar refractivity (Wildman–Crippen MR) is 122 cm³/mol. The third kappa shape index (κ3) is 3.57. The fourth-order valence-electron chi connectivity index (χ4n) is 3.95. The third-order valence-electron chi connectivity index (χ3n) is 5.42. The highest BCUT2D eigenvalue weighted by molar-refractivity contribution is 8.31. The van der Waals surface area contributed by atoms with E-state index in [9.17, 15) is 8.60 Å². The second kappa shape index (κ2) is 8.13. The van der Waals surface area contributed by atoms with Crippen molar-refractivity contribution in [3.05, 3.63) is 84.4 Å². The quantitative estimate of drug-likeness (QED) is 0.456. The minimum Gasteiger partial charge on any atom is -0.354 e. The maximum absolute atomic E-state index is 13.5. The Kier molecular flexibility index (Phi) is 5.19. The van der Waals surface area contributed by atoms with Crippen LogP contribution in [0, 0.1) is 5.82 Å². The maximum atomic E-state index is 13.5. The number of fused-ring (bicyclic) bond motifs is 1. The Morgan fingerprint density at radius 2 is 1.70 bits per heavy atom. The van der Waals surface area contributed by atoms with Gasteiger partial charge in [0, 0.05) is 34.3 Å². The molecule has 3 heterocycles. The van der Waals surface area contributed by atoms with E-state index >= 15 is 0 Å². The average Bonchev–Trinajstić information content (AvgIpc) is 3.25. The standard InChI is InChI=1S/C24H19FN2OS2/c25-20-6-3-17(4-7-20)24-21(16-9-11-26-12-10-16)15-22(27-24)18-5-8-23-19(14-18)2-1-13-30(23)29-28/h3-12,14-15,27H,1-2,13H2. The Bertz CT molecular complexity index is 1280. The molecule has 1 aliphatic heterocycles. The van der Waals surface area contributed by atoms with E-state index in [1.165, 1.54) is 22.6 Å². The fraction of sp³-hybridized carbons (Fsp3) is 0.125. The summed E-state index contributed by atoms with van der Waals surface area (Å²) in [4.78, 5) is 8.88. The number of benzene rings is 2. The number of nitrogens with one attached hydrogen (secondary N) is 1. The van der Waals surface area contributed by atoms with E-state index in [1.807, 2.05) is 12.1 Å². The number of hydrogen-bond acceptors (Lipinski definition) is 2. The van der Waals surface area contributed by atoms with Crippen LogP contribution in [0.1, 0.15) is 12.0 Å². The minimum absolute atomic E-state index is 0.244. The Labute approximate surface area is 179 Å². The van der Waals surface area contributed by atoms with E-state index < -0.39 is 0 Å². The fourth-order valence-corrected chi connectivity index (χ4v) is 6.66. The number of aryl methyl sites for hydroxylation is 1. The molecule has 1 atom stereocenters. The molecular formula is C24H19FN2OS2. The van der Waals surface area contributed by atoms with Gasteiger partial charge in [0.05, 0.1) is 5.69 Å². The molecule has 0 aliphatic carbocycles. The molecule has 0 bridgehead atoms. The van der Waals surface area contributed by atoms with Crippen molar-refractivity contribution in [3.63, 3.8) is 0 Å². The van der Waals surface area contributed by atoms with Crippen LogP contribution in [-0.4, -0.2) is 19.9 Å². The van der Waals surface area contributed by atoms with Crippen molar-refractivity contribution in [2.45, 2.75) is 17.7 Å². The van der Waals surface area contributed by atoms with E-state index in [0.29, 0.717) is 0 Å². The molecule has 0 spiro atoms. The van der Waals surface area contributed by atoms with Crippen molar-refractivity contribution in [1.29, 1.82) is 0 Å². The van der Waals surface area contributed by atoms with Crippen molar-refractivity contribution in [2.24, 2.45) is 0 Å². The lowest BCUT2D eigenvalue weighted by Gasteiger charge is -2.17. The highest BCUT2D eigenvalue weighted by Crippen LogP contribution is 2.37. The molecule has 0 amide bonds. The van der Waals surface area contributed by atoms with Gasteiger partial charge in [-0.05, 0) is 89.7 Å². The average molecular weight is 435 g/mol. The predicted octanol–water partition coefficient (Wildman–Crippen LogP) is 5.60. The van der Waals surface area contributed by atoms with Crippen LogP contribution in [0.15, 0.2) is 78.0 Å². The molecule has 0 saturated heterocycles. The number of pyridine rings is 1. The molecule has 150 valence electrons. The Morgan fingerprint density at radius 1 is 0.933 bits per heavy atom. The van der Waals surface area contributed by atoms with Gasteiger partial charge in [-0.2, -0.15) is 0 Å². The first-order chi connectivity index (χ1) is 14.7. The van der Waals surface area contributed by atoms with Crippen LogP contribution in [0.2, 0.25) is 0 Å². The summed E-state index contributed by atoms with van der Waals surface area (Å²) < 4.78 is 25.0. The number of hydrogen-bond donors (Lipinski definition) is 1. The summed E-state index contributed by atoms with van der Waals surface area (Å²) in [6.45, 7) is 0. The van der Waals surface area contributed by atoms with Crippen LogP contribution in [0.4, 0.5) is 4.39 Å². The molecule has 2 aromatic heterocycles. The zero-order valence-corrected chi connectivity index (χ0v) is 17.7. The van der Waals surface area contributed by atoms with Crippen molar-refractivity contribution in [1.82, 2.24) is 9.97 Å². The second-order valence-corrected chi connectivity index (χ2v) is 10.5. The molecule has 1 unspecified atom stereocenters. The van der Waals surface area contributed by atoms with E-state index in [-0.39, 0.29) is 15.3 Å². The second-order valence-electron chi connectivity index (χ2n) is 7.26. The van der Waals surface area contributed by atoms with Crippen LogP contribution in [0.3, 0.4) is 0 Å². The van der Waals surface area contributed by atoms with Crippen molar-refractivity contribution in [2.75, 3.05) is 5.75 Å². The first-order valence-corrected chi connectivity index (χ1v) is 12.4. The molecule has 0 radical (unpaired) electrons. The molecule has 3 nitrogen and oxygen atoms in total. The van der Waals surface area contributed by atoms with Gasteiger partial charge in [-0.25, -0.2) is 8.60 Å². The number of aromatic nitrogens is 2. The van der Waals surface area contributed by atoms with E-state index in [4.69, 9.17) is 0 Å². The van der Waals surface area contributed by atoms with Crippen LogP contribution in [0.5, 0.6) is 0 Å². The van der Waals surface area contributed by atoms with Gasteiger partial charge in [-0.15, -0.1) is 0 Å². The molecule has 4 aromatic rings. The number of H-pyrrole nitrogens is 1. The molecule has 0 fully saturated rings. The van der Waals surface area contributed by atoms with Crippen molar-refractivity contribution >= 4 is 19.7 Å². The summed E-state index contributed by atoms with van der Waals surface area (Å²) in [5, 5.41) is 0. The molecule has 0 saturated carbocycles. The van der Waals surface area contributed by atoms with Gasteiger partial charge in [0.25, 0.3) is 0 Å². The van der Waals surface area contributed by atoms with Crippen LogP contribution < -0.4 is 0 Å². The first-order valence-electron chi connectivity index (χ1n) is 9.77. The minimum atomic E-state index is -0.252. The molecular weight excluding hydrogens is 415 g/mol. The van der Waals surface area contributed by atoms with E-state index in [2.05, 4.69) is 34.2 Å². The summed E-state index contributed by atoms with van der Waals surface area (Å²) in [5.74, 6) is 0.724. The number of aromatic amines is 1. The summed E-state index contributed by atoms with van der Waals surface area (Å²) in [6.07, 6.45) is 5.62. The first kappa shape index (κ1) is 19.2. The summed E-state index contributed by atoms with van der Waals surface area (Å²) >= 11 is 0. The molecule has 1 aliphatic rings. The highest BCUT2D eigenvalue weighted by Gasteiger charge is 2.17. The van der Waals surface area contributed by atoms with Crippen molar-refractivity contribution in [3.8, 4) is 33.6 Å². The zero-order valence-electron chi connectivity index (χ0n) is 16.1. The molecule has 5 rings (SSSR count). The Hall–Kier alpha value is -2.83. The molecule has 2 aromatic carbocycles. The monoisotopic (exact) mass is 434 g/mol. The lowest BCUT2D eigenvalue weighted by atomic mass is 10.0. The summed E-state index contributed by atoms with van der Waals surface area (Å²) in [6, 6.07) is 19.0. The molecule has 6 heteroatoms. The zero-order chi connectivity index (χ0) is 20.5. The van der Waals surface area contributed by atoms with Gasteiger partial charge in [0.1, 0.15) is 16.0 Å². The lowest BCUT2D eigenvalue weighted by Crippen LogP contribution is -2.09. The summed E-state index contributed by atoms with van der Waals surface area (Å²) in [7, 11) is 0.482. The van der Waals surface area contributed by atoms with Gasteiger partial charge in [-0.1, -0.05) is 15.5 Å². The van der Waals surface area contributed by atoms with Crippen LogP contribution >= 0.6 is 0 Å². The lowest BCUT2D eigenvalue weighted by molar-refractivity contribution is 0.628. The van der Waals surface area contributed by atoms with Crippen LogP contribution in [0.25, 0.3) is 33.6 Å². The van der Waals surface area contributed by atoms with E-state index in [1.54, 1.807) is 24.5 Å². The normalized spacial score (nSPS) is 15.6. The smallest absolute Gasteiger partial charge is 0.125 e. The van der Waals surface area contributed by atoms with Gasteiger partial charge in [0.2, 0.25) is 0 Å². The Morgan fingerprint density at radius 3 is 2.47 bits per heavy atom. The molecule has 1 N–H and O–H groups in total. The maximum Gasteiger partial charge on any atom is 0.125 e. The SMILES string of the molecule is O=S=S1CCCc2cc(-c3cc(-c4ccncc4)c(-c4ccc(F)cc4)[nH]3)ccc21. The van der Waals surface area contributed by atoms with E-state index in [0.717, 1.165) is 62.5 Å². The van der Waals surface area contributed by atoms with Gasteiger partial charge in [-0.3, -0.25) is 4.98 Å². The Balaban J connectivity index is 1.65. The topological polar surface area (TPSA) is 45.8 Å².